The topological polar surface area (TPSA) is 57.5 Å². The van der Waals surface area contributed by atoms with E-state index < -0.39 is 12.1 Å². The minimum Gasteiger partial charge on any atom is -0.478 e. The number of aliphatic hydroxyl groups is 1. The molecule has 0 bridgehead atoms. The third-order valence-electron chi connectivity index (χ3n) is 3.65. The van der Waals surface area contributed by atoms with E-state index in [0.29, 0.717) is 0 Å². The summed E-state index contributed by atoms with van der Waals surface area (Å²) in [6.07, 6.45) is 3.46. The van der Waals surface area contributed by atoms with Crippen molar-refractivity contribution in [3.63, 3.8) is 0 Å². The molecule has 0 heterocycles. The van der Waals surface area contributed by atoms with E-state index in [1.165, 1.54) is 0 Å². The van der Waals surface area contributed by atoms with Gasteiger partial charge in [0.1, 0.15) is 0 Å². The Morgan fingerprint density at radius 2 is 1.89 bits per heavy atom. The molecule has 96 valence electrons. The van der Waals surface area contributed by atoms with Gasteiger partial charge in [-0.15, -0.1) is 0 Å². The lowest BCUT2D eigenvalue weighted by Gasteiger charge is -2.35. The molecular formula is C15H18O3. The number of benzene rings is 1. The summed E-state index contributed by atoms with van der Waals surface area (Å²) in [6.45, 7) is 4.10. The predicted octanol–water partition coefficient (Wildman–Crippen LogP) is 2.95. The second-order valence-corrected chi connectivity index (χ2v) is 5.47. The largest absolute Gasteiger partial charge is 0.478 e. The second kappa shape index (κ2) is 4.58. The number of carboxylic acids is 1. The molecule has 0 saturated carbocycles. The predicted molar refractivity (Wildman–Crippen MR) is 70.4 cm³/mol. The number of aliphatic hydroxyl groups excluding tert-OH is 1. The van der Waals surface area contributed by atoms with Gasteiger partial charge >= 0.3 is 5.97 Å². The maximum Gasteiger partial charge on any atom is 0.335 e. The summed E-state index contributed by atoms with van der Waals surface area (Å²) in [4.78, 5) is 10.8. The Balaban J connectivity index is 2.32. The first-order valence-corrected chi connectivity index (χ1v) is 6.14. The molecule has 0 spiro atoms. The van der Waals surface area contributed by atoms with Crippen LogP contribution in [0.1, 0.15) is 42.6 Å². The van der Waals surface area contributed by atoms with Crippen molar-refractivity contribution in [1.29, 1.82) is 0 Å². The van der Waals surface area contributed by atoms with Crippen LogP contribution >= 0.6 is 0 Å². The molecule has 2 rings (SSSR count). The Kier molecular flexibility index (Phi) is 3.26. The third kappa shape index (κ3) is 2.31. The summed E-state index contributed by atoms with van der Waals surface area (Å²) in [5.74, 6) is -0.931. The Bertz CT molecular complexity index is 483. The van der Waals surface area contributed by atoms with E-state index in [0.717, 1.165) is 24.0 Å². The molecule has 3 heteroatoms. The molecule has 1 atom stereocenters. The Morgan fingerprint density at radius 1 is 1.28 bits per heavy atom. The number of carboxylic acid groups (broad SMARTS) is 1. The highest BCUT2D eigenvalue weighted by Gasteiger charge is 2.33. The van der Waals surface area contributed by atoms with E-state index in [2.05, 4.69) is 13.8 Å². The highest BCUT2D eigenvalue weighted by molar-refractivity contribution is 5.88. The molecule has 18 heavy (non-hydrogen) atoms. The van der Waals surface area contributed by atoms with Crippen molar-refractivity contribution in [3.05, 3.63) is 41.5 Å². The molecule has 1 aliphatic rings. The summed E-state index contributed by atoms with van der Waals surface area (Å²) in [7, 11) is 0. The number of carbonyl (C=O) groups is 1. The zero-order chi connectivity index (χ0) is 13.3. The van der Waals surface area contributed by atoms with Gasteiger partial charge in [0.25, 0.3) is 0 Å². The molecule has 0 saturated heterocycles. The van der Waals surface area contributed by atoms with E-state index >= 15 is 0 Å². The first kappa shape index (κ1) is 12.8. The molecule has 3 nitrogen and oxygen atoms in total. The SMILES string of the molecule is CC1(C)CCC=C(c2ccc(C(=O)O)cc2)[C@@H]1O. The van der Waals surface area contributed by atoms with Crippen LogP contribution in [0.2, 0.25) is 0 Å². The van der Waals surface area contributed by atoms with E-state index in [-0.39, 0.29) is 11.0 Å². The molecule has 1 aromatic carbocycles. The average Bonchev–Trinajstić information content (AvgIpc) is 2.33. The fraction of sp³-hybridized carbons (Fsp3) is 0.400. The van der Waals surface area contributed by atoms with Gasteiger partial charge in [0.2, 0.25) is 0 Å². The minimum atomic E-state index is -0.931. The van der Waals surface area contributed by atoms with Crippen LogP contribution in [0.4, 0.5) is 0 Å². The number of rotatable bonds is 2. The molecule has 1 aromatic rings. The lowest BCUT2D eigenvalue weighted by Crippen LogP contribution is -2.32. The van der Waals surface area contributed by atoms with Crippen molar-refractivity contribution in [2.24, 2.45) is 5.41 Å². The molecule has 1 aliphatic carbocycles. The number of allylic oxidation sites excluding steroid dienone is 1. The van der Waals surface area contributed by atoms with E-state index in [9.17, 15) is 9.90 Å². The normalized spacial score (nSPS) is 22.4. The zero-order valence-electron chi connectivity index (χ0n) is 10.7. The first-order valence-electron chi connectivity index (χ1n) is 6.14. The van der Waals surface area contributed by atoms with Crippen LogP contribution in [-0.4, -0.2) is 22.3 Å². The molecular weight excluding hydrogens is 228 g/mol. The Labute approximate surface area is 107 Å². The Hall–Kier alpha value is -1.61. The van der Waals surface area contributed by atoms with Crippen LogP contribution < -0.4 is 0 Å². The fourth-order valence-corrected chi connectivity index (χ4v) is 2.35. The maximum atomic E-state index is 10.8. The summed E-state index contributed by atoms with van der Waals surface area (Å²) in [5, 5.41) is 19.2. The highest BCUT2D eigenvalue weighted by Crippen LogP contribution is 2.39. The van der Waals surface area contributed by atoms with Crippen molar-refractivity contribution in [2.45, 2.75) is 32.8 Å². The van der Waals surface area contributed by atoms with Gasteiger partial charge in [-0.05, 0) is 41.5 Å². The van der Waals surface area contributed by atoms with Crippen LogP contribution in [0.5, 0.6) is 0 Å². The van der Waals surface area contributed by atoms with Gasteiger partial charge in [0.05, 0.1) is 11.7 Å². The average molecular weight is 246 g/mol. The van der Waals surface area contributed by atoms with Gasteiger partial charge in [0, 0.05) is 0 Å². The minimum absolute atomic E-state index is 0.129. The van der Waals surface area contributed by atoms with Crippen LogP contribution in [0.25, 0.3) is 5.57 Å². The van der Waals surface area contributed by atoms with Crippen molar-refractivity contribution >= 4 is 11.5 Å². The standard InChI is InChI=1S/C15H18O3/c1-15(2)9-3-4-12(13(15)16)10-5-7-11(8-6-10)14(17)18/h4-8,13,16H,3,9H2,1-2H3,(H,17,18)/t13-/m0/s1. The van der Waals surface area contributed by atoms with Crippen molar-refractivity contribution in [3.8, 4) is 0 Å². The summed E-state index contributed by atoms with van der Waals surface area (Å²) < 4.78 is 0. The fourth-order valence-electron chi connectivity index (χ4n) is 2.35. The molecule has 0 unspecified atom stereocenters. The summed E-state index contributed by atoms with van der Waals surface area (Å²) >= 11 is 0. The third-order valence-corrected chi connectivity index (χ3v) is 3.65. The van der Waals surface area contributed by atoms with Gasteiger partial charge in [-0.1, -0.05) is 32.1 Å². The van der Waals surface area contributed by atoms with Crippen LogP contribution in [0.3, 0.4) is 0 Å². The zero-order valence-corrected chi connectivity index (χ0v) is 10.7. The summed E-state index contributed by atoms with van der Waals surface area (Å²) in [6, 6.07) is 6.68. The van der Waals surface area contributed by atoms with Crippen LogP contribution in [0, 0.1) is 5.41 Å². The lowest BCUT2D eigenvalue weighted by molar-refractivity contribution is 0.0697. The first-order chi connectivity index (χ1) is 8.42. The molecule has 2 N–H and O–H groups in total. The monoisotopic (exact) mass is 246 g/mol. The van der Waals surface area contributed by atoms with Crippen molar-refractivity contribution in [2.75, 3.05) is 0 Å². The van der Waals surface area contributed by atoms with Crippen LogP contribution in [0.15, 0.2) is 30.3 Å². The summed E-state index contributed by atoms with van der Waals surface area (Å²) in [5.41, 5.74) is 1.95. The van der Waals surface area contributed by atoms with E-state index in [1.54, 1.807) is 24.3 Å². The quantitative estimate of drug-likeness (QED) is 0.843. The van der Waals surface area contributed by atoms with Gasteiger partial charge < -0.3 is 10.2 Å². The molecule has 0 aromatic heterocycles. The lowest BCUT2D eigenvalue weighted by atomic mass is 9.73. The Morgan fingerprint density at radius 3 is 2.44 bits per heavy atom. The maximum absolute atomic E-state index is 10.8. The van der Waals surface area contributed by atoms with Crippen molar-refractivity contribution < 1.29 is 15.0 Å². The number of hydrogen-bond acceptors (Lipinski definition) is 2. The molecule has 0 radical (unpaired) electrons. The second-order valence-electron chi connectivity index (χ2n) is 5.47. The molecule has 0 aliphatic heterocycles. The van der Waals surface area contributed by atoms with Gasteiger partial charge in [-0.3, -0.25) is 0 Å². The van der Waals surface area contributed by atoms with Gasteiger partial charge in [-0.25, -0.2) is 4.79 Å². The van der Waals surface area contributed by atoms with Gasteiger partial charge in [0.15, 0.2) is 0 Å². The van der Waals surface area contributed by atoms with Crippen molar-refractivity contribution in [1.82, 2.24) is 0 Å². The van der Waals surface area contributed by atoms with Gasteiger partial charge in [-0.2, -0.15) is 0 Å². The molecule has 0 fully saturated rings. The van der Waals surface area contributed by atoms with E-state index in [1.807, 2.05) is 6.08 Å². The smallest absolute Gasteiger partial charge is 0.335 e. The highest BCUT2D eigenvalue weighted by atomic mass is 16.4. The van der Waals surface area contributed by atoms with Crippen LogP contribution in [-0.2, 0) is 0 Å². The molecule has 0 amide bonds. The number of aromatic carboxylic acids is 1. The van der Waals surface area contributed by atoms with E-state index in [4.69, 9.17) is 5.11 Å². The number of hydrogen-bond donors (Lipinski definition) is 2.